The Bertz CT molecular complexity index is 959. The number of hydrogen-bond donors (Lipinski definition) is 5. The Morgan fingerprint density at radius 1 is 1.15 bits per heavy atom. The van der Waals surface area contributed by atoms with E-state index < -0.39 is 53.5 Å². The Hall–Kier alpha value is -2.79. The summed E-state index contributed by atoms with van der Waals surface area (Å²) < 4.78 is 10.8. The number of ether oxygens (including phenoxy) is 2. The highest BCUT2D eigenvalue weighted by molar-refractivity contribution is 5.97. The van der Waals surface area contributed by atoms with Gasteiger partial charge < -0.3 is 35.0 Å². The number of aliphatic carboxylic acids is 3. The lowest BCUT2D eigenvalue weighted by Gasteiger charge is -2.48. The number of carboxylic acids is 3. The second kappa shape index (κ2) is 8.86. The van der Waals surface area contributed by atoms with Crippen molar-refractivity contribution in [2.24, 2.45) is 5.92 Å². The Balaban J connectivity index is 1.84. The summed E-state index contributed by atoms with van der Waals surface area (Å²) in [5.74, 6) is -7.84. The largest absolute Gasteiger partial charge is 0.479 e. The molecule has 10 nitrogen and oxygen atoms in total. The minimum Gasteiger partial charge on any atom is -0.479 e. The standard InChI is InChI=1S/C23H28O10/c1-13(10-14(2)11-15-6-4-3-5-7-15)8-9-22-16(24)12-21(33-22,19(27)28)23(31,20(29)30)17(32-22)18(25)26/h3-7,10,14,16-17,24,31H,8-9,11-12H2,1-2H3,(H,25,26)(H,27,28)(H,29,30)/b13-10+/t14-,16+,17+,21-,22-,23+/m0/s1. The van der Waals surface area contributed by atoms with Crippen LogP contribution in [-0.2, 0) is 30.3 Å². The lowest BCUT2D eigenvalue weighted by Crippen LogP contribution is -2.75. The molecule has 1 aromatic carbocycles. The summed E-state index contributed by atoms with van der Waals surface area (Å²) in [5.41, 5.74) is -4.31. The first kappa shape index (κ1) is 24.8. The van der Waals surface area contributed by atoms with E-state index in [1.807, 2.05) is 50.3 Å². The SMILES string of the molecule is C/C(=C\[C@H](C)Cc1ccccc1)CC[C@@]12O[C@H](C(=O)O)[C@@](O)(C(=O)O)[C@@](C(=O)O)(C[C@H]1O)O2. The van der Waals surface area contributed by atoms with E-state index in [2.05, 4.69) is 0 Å². The predicted molar refractivity (Wildman–Crippen MR) is 112 cm³/mol. The lowest BCUT2D eigenvalue weighted by molar-refractivity contribution is -0.372. The van der Waals surface area contributed by atoms with E-state index in [4.69, 9.17) is 9.47 Å². The van der Waals surface area contributed by atoms with Gasteiger partial charge >= 0.3 is 17.9 Å². The molecule has 0 aromatic heterocycles. The van der Waals surface area contributed by atoms with Crippen molar-refractivity contribution in [3.63, 3.8) is 0 Å². The molecule has 0 radical (unpaired) electrons. The number of aliphatic hydroxyl groups excluding tert-OH is 1. The van der Waals surface area contributed by atoms with Crippen LogP contribution in [0.15, 0.2) is 42.0 Å². The van der Waals surface area contributed by atoms with Crippen LogP contribution in [0.25, 0.3) is 0 Å². The fourth-order valence-electron chi connectivity index (χ4n) is 4.73. The van der Waals surface area contributed by atoms with E-state index in [1.165, 1.54) is 0 Å². The average molecular weight is 464 g/mol. The quantitative estimate of drug-likeness (QED) is 0.334. The first-order valence-electron chi connectivity index (χ1n) is 10.6. The molecule has 1 aromatic rings. The van der Waals surface area contributed by atoms with Crippen LogP contribution in [-0.4, -0.2) is 72.6 Å². The van der Waals surface area contributed by atoms with Crippen molar-refractivity contribution in [3.05, 3.63) is 47.5 Å². The zero-order chi connectivity index (χ0) is 24.6. The molecule has 2 aliphatic heterocycles. The number of carboxylic acid groups (broad SMARTS) is 3. The molecule has 6 atom stereocenters. The molecule has 0 saturated carbocycles. The number of aliphatic hydroxyl groups is 2. The topological polar surface area (TPSA) is 171 Å². The van der Waals surface area contributed by atoms with Gasteiger partial charge in [-0.2, -0.15) is 0 Å². The molecule has 2 heterocycles. The molecule has 10 heteroatoms. The van der Waals surface area contributed by atoms with Gasteiger partial charge in [-0.3, -0.25) is 0 Å². The molecular weight excluding hydrogens is 436 g/mol. The Labute approximate surface area is 190 Å². The number of fused-ring (bicyclic) bond motifs is 2. The van der Waals surface area contributed by atoms with Gasteiger partial charge in [0.15, 0.2) is 5.79 Å². The van der Waals surface area contributed by atoms with Crippen LogP contribution in [0.5, 0.6) is 0 Å². The number of benzene rings is 1. The monoisotopic (exact) mass is 464 g/mol. The van der Waals surface area contributed by atoms with Gasteiger partial charge in [0.25, 0.3) is 0 Å². The highest BCUT2D eigenvalue weighted by atomic mass is 16.8. The molecule has 2 bridgehead atoms. The third kappa shape index (κ3) is 4.15. The van der Waals surface area contributed by atoms with Gasteiger partial charge in [0.1, 0.15) is 6.10 Å². The minimum atomic E-state index is -3.44. The Morgan fingerprint density at radius 3 is 2.33 bits per heavy atom. The molecule has 0 amide bonds. The molecule has 2 fully saturated rings. The van der Waals surface area contributed by atoms with E-state index in [9.17, 15) is 39.9 Å². The van der Waals surface area contributed by atoms with E-state index in [-0.39, 0.29) is 18.8 Å². The maximum absolute atomic E-state index is 12.0. The summed E-state index contributed by atoms with van der Waals surface area (Å²) in [4.78, 5) is 35.6. The summed E-state index contributed by atoms with van der Waals surface area (Å²) >= 11 is 0. The van der Waals surface area contributed by atoms with Crippen LogP contribution in [0.2, 0.25) is 0 Å². The van der Waals surface area contributed by atoms with Crippen molar-refractivity contribution >= 4 is 17.9 Å². The zero-order valence-corrected chi connectivity index (χ0v) is 18.3. The van der Waals surface area contributed by atoms with Gasteiger partial charge in [-0.25, -0.2) is 14.4 Å². The Kier molecular flexibility index (Phi) is 6.67. The average Bonchev–Trinajstić information content (AvgIpc) is 3.00. The summed E-state index contributed by atoms with van der Waals surface area (Å²) in [7, 11) is 0. The predicted octanol–water partition coefficient (Wildman–Crippen LogP) is 1.19. The first-order chi connectivity index (χ1) is 15.4. The van der Waals surface area contributed by atoms with E-state index in [0.29, 0.717) is 0 Å². The van der Waals surface area contributed by atoms with Crippen molar-refractivity contribution in [1.29, 1.82) is 0 Å². The summed E-state index contributed by atoms with van der Waals surface area (Å²) in [5, 5.41) is 50.2. The van der Waals surface area contributed by atoms with Crippen LogP contribution in [0.1, 0.15) is 38.7 Å². The number of allylic oxidation sites excluding steroid dienone is 2. The van der Waals surface area contributed by atoms with Gasteiger partial charge in [-0.1, -0.05) is 48.9 Å². The summed E-state index contributed by atoms with van der Waals surface area (Å²) in [6.07, 6.45) is -2.07. The summed E-state index contributed by atoms with van der Waals surface area (Å²) in [6, 6.07) is 9.85. The van der Waals surface area contributed by atoms with Gasteiger partial charge in [0.05, 0.1) is 0 Å². The summed E-state index contributed by atoms with van der Waals surface area (Å²) in [6.45, 7) is 3.85. The number of hydrogen-bond acceptors (Lipinski definition) is 7. The second-order valence-corrected chi connectivity index (χ2v) is 8.85. The second-order valence-electron chi connectivity index (χ2n) is 8.85. The van der Waals surface area contributed by atoms with Crippen LogP contribution in [0.4, 0.5) is 0 Å². The van der Waals surface area contributed by atoms with Gasteiger partial charge in [-0.05, 0) is 31.2 Å². The normalized spacial score (nSPS) is 34.6. The molecule has 33 heavy (non-hydrogen) atoms. The molecule has 0 unspecified atom stereocenters. The lowest BCUT2D eigenvalue weighted by atomic mass is 9.76. The van der Waals surface area contributed by atoms with E-state index in [0.717, 1.165) is 17.6 Å². The van der Waals surface area contributed by atoms with Gasteiger partial charge in [0.2, 0.25) is 17.3 Å². The zero-order valence-electron chi connectivity index (χ0n) is 18.3. The highest BCUT2D eigenvalue weighted by Gasteiger charge is 2.80. The van der Waals surface area contributed by atoms with Crippen LogP contribution in [0, 0.1) is 5.92 Å². The Morgan fingerprint density at radius 2 is 1.79 bits per heavy atom. The molecule has 5 N–H and O–H groups in total. The highest BCUT2D eigenvalue weighted by Crippen LogP contribution is 2.54. The minimum absolute atomic E-state index is 0.136. The maximum Gasteiger partial charge on any atom is 0.342 e. The van der Waals surface area contributed by atoms with Gasteiger partial charge in [-0.15, -0.1) is 0 Å². The smallest absolute Gasteiger partial charge is 0.342 e. The van der Waals surface area contributed by atoms with Crippen molar-refractivity contribution in [2.75, 3.05) is 0 Å². The van der Waals surface area contributed by atoms with Crippen molar-refractivity contribution < 1.29 is 49.4 Å². The molecule has 180 valence electrons. The molecule has 0 aliphatic carbocycles. The van der Waals surface area contributed by atoms with Crippen molar-refractivity contribution in [2.45, 2.75) is 68.7 Å². The third-order valence-electron chi connectivity index (χ3n) is 6.38. The van der Waals surface area contributed by atoms with Crippen LogP contribution < -0.4 is 0 Å². The molecule has 2 aliphatic rings. The third-order valence-corrected chi connectivity index (χ3v) is 6.38. The van der Waals surface area contributed by atoms with Gasteiger partial charge in [0, 0.05) is 12.8 Å². The van der Waals surface area contributed by atoms with E-state index >= 15 is 0 Å². The molecule has 3 rings (SSSR count). The van der Waals surface area contributed by atoms with Crippen LogP contribution in [0.3, 0.4) is 0 Å². The fraction of sp³-hybridized carbons (Fsp3) is 0.522. The van der Waals surface area contributed by atoms with E-state index in [1.54, 1.807) is 0 Å². The molecular formula is C23H28O10. The number of rotatable bonds is 9. The number of carbonyl (C=O) groups is 3. The molecule has 2 saturated heterocycles. The fourth-order valence-corrected chi connectivity index (χ4v) is 4.73. The first-order valence-corrected chi connectivity index (χ1v) is 10.6. The maximum atomic E-state index is 12.0. The molecule has 0 spiro atoms. The van der Waals surface area contributed by atoms with Crippen molar-refractivity contribution in [1.82, 2.24) is 0 Å². The van der Waals surface area contributed by atoms with Crippen LogP contribution >= 0.6 is 0 Å². The van der Waals surface area contributed by atoms with Crippen molar-refractivity contribution in [3.8, 4) is 0 Å².